The molecule has 1 unspecified atom stereocenters. The third-order valence-corrected chi connectivity index (χ3v) is 5.32. The van der Waals surface area contributed by atoms with E-state index in [1.807, 2.05) is 44.6 Å². The van der Waals surface area contributed by atoms with E-state index in [4.69, 9.17) is 0 Å². The zero-order valence-corrected chi connectivity index (χ0v) is 17.1. The van der Waals surface area contributed by atoms with E-state index in [9.17, 15) is 5.11 Å². The van der Waals surface area contributed by atoms with Crippen molar-refractivity contribution in [2.75, 3.05) is 0 Å². The predicted molar refractivity (Wildman–Crippen MR) is 114 cm³/mol. The fraction of sp³-hybridized carbons (Fsp3) is 0.381. The topological polar surface area (TPSA) is 100 Å². The maximum absolute atomic E-state index is 10.4. The average molecular weight is 391 g/mol. The SMILES string of the molecule is C/C=C1/N=CC(c2c(C)cc(C)cc2O)=N/C1=N/NC1CCc2nnn(C)c2C1. The monoisotopic (exact) mass is 391 g/mol. The molecule has 0 fully saturated rings. The van der Waals surface area contributed by atoms with Crippen LogP contribution in [0.25, 0.3) is 0 Å². The molecule has 0 bridgehead atoms. The fourth-order valence-electron chi connectivity index (χ4n) is 3.85. The summed E-state index contributed by atoms with van der Waals surface area (Å²) in [6, 6.07) is 3.94. The van der Waals surface area contributed by atoms with Crippen LogP contribution in [0.5, 0.6) is 5.75 Å². The average Bonchev–Trinajstić information content (AvgIpc) is 3.06. The molecule has 1 aromatic carbocycles. The van der Waals surface area contributed by atoms with Gasteiger partial charge in [-0.3, -0.25) is 9.67 Å². The molecule has 2 N–H and O–H groups in total. The van der Waals surface area contributed by atoms with Gasteiger partial charge in [0.1, 0.15) is 11.4 Å². The van der Waals surface area contributed by atoms with Crippen LogP contribution in [0.15, 0.2) is 39.0 Å². The van der Waals surface area contributed by atoms with E-state index in [1.54, 1.807) is 12.3 Å². The minimum Gasteiger partial charge on any atom is -0.507 e. The summed E-state index contributed by atoms with van der Waals surface area (Å²) in [5, 5.41) is 23.3. The summed E-state index contributed by atoms with van der Waals surface area (Å²) in [7, 11) is 1.92. The second-order valence-corrected chi connectivity index (χ2v) is 7.52. The summed E-state index contributed by atoms with van der Waals surface area (Å²) in [5.74, 6) is 0.714. The Bertz CT molecular complexity index is 1050. The number of aryl methyl sites for hydroxylation is 4. The van der Waals surface area contributed by atoms with Gasteiger partial charge in [-0.2, -0.15) is 5.10 Å². The van der Waals surface area contributed by atoms with Gasteiger partial charge in [-0.05, 0) is 50.8 Å². The number of rotatable bonds is 3. The highest BCUT2D eigenvalue weighted by atomic mass is 16.3. The largest absolute Gasteiger partial charge is 0.507 e. The molecule has 2 aliphatic rings. The molecular weight excluding hydrogens is 366 g/mol. The highest BCUT2D eigenvalue weighted by Crippen LogP contribution is 2.25. The highest BCUT2D eigenvalue weighted by Gasteiger charge is 2.23. The summed E-state index contributed by atoms with van der Waals surface area (Å²) in [5.41, 5.74) is 9.42. The van der Waals surface area contributed by atoms with Crippen molar-refractivity contribution >= 4 is 17.8 Å². The lowest BCUT2D eigenvalue weighted by Crippen LogP contribution is -2.33. The van der Waals surface area contributed by atoms with Crippen LogP contribution in [0.2, 0.25) is 0 Å². The predicted octanol–water partition coefficient (Wildman–Crippen LogP) is 2.38. The normalized spacial score (nSPS) is 21.4. The van der Waals surface area contributed by atoms with Crippen molar-refractivity contribution in [3.63, 3.8) is 0 Å². The molecular formula is C21H25N7O. The van der Waals surface area contributed by atoms with Crippen molar-refractivity contribution in [3.05, 3.63) is 52.0 Å². The first-order valence-electron chi connectivity index (χ1n) is 9.77. The van der Waals surface area contributed by atoms with E-state index in [1.165, 1.54) is 0 Å². The van der Waals surface area contributed by atoms with Gasteiger partial charge in [0.25, 0.3) is 0 Å². The molecule has 1 aromatic heterocycles. The number of phenolic OH excluding ortho intramolecular Hbond substituents is 1. The van der Waals surface area contributed by atoms with Crippen LogP contribution in [0.3, 0.4) is 0 Å². The van der Waals surface area contributed by atoms with Crippen molar-refractivity contribution in [2.24, 2.45) is 22.1 Å². The molecule has 2 aromatic rings. The lowest BCUT2D eigenvalue weighted by Gasteiger charge is -2.22. The lowest BCUT2D eigenvalue weighted by molar-refractivity contribution is 0.457. The summed E-state index contributed by atoms with van der Waals surface area (Å²) < 4.78 is 1.83. The number of hydrazone groups is 1. The number of hydrogen-bond acceptors (Lipinski definition) is 6. The van der Waals surface area contributed by atoms with E-state index < -0.39 is 0 Å². The first-order chi connectivity index (χ1) is 14.0. The number of fused-ring (bicyclic) bond motifs is 1. The number of aromatic hydroxyl groups is 1. The minimum atomic E-state index is 0.185. The summed E-state index contributed by atoms with van der Waals surface area (Å²) in [6.45, 7) is 5.82. The Kier molecular flexibility index (Phi) is 5.00. The molecule has 150 valence electrons. The van der Waals surface area contributed by atoms with Crippen molar-refractivity contribution in [1.29, 1.82) is 0 Å². The third-order valence-electron chi connectivity index (χ3n) is 5.32. The molecule has 0 amide bonds. The molecule has 1 aliphatic heterocycles. The van der Waals surface area contributed by atoms with Gasteiger partial charge >= 0.3 is 0 Å². The van der Waals surface area contributed by atoms with Crippen LogP contribution in [-0.2, 0) is 19.9 Å². The Morgan fingerprint density at radius 2 is 2.14 bits per heavy atom. The molecule has 4 rings (SSSR count). The van der Waals surface area contributed by atoms with Gasteiger partial charge in [-0.1, -0.05) is 17.4 Å². The minimum absolute atomic E-state index is 0.185. The van der Waals surface area contributed by atoms with Crippen LogP contribution in [-0.4, -0.2) is 43.9 Å². The second kappa shape index (κ2) is 7.62. The summed E-state index contributed by atoms with van der Waals surface area (Å²) in [6.07, 6.45) is 6.19. The lowest BCUT2D eigenvalue weighted by atomic mass is 9.96. The Hall–Kier alpha value is -3.29. The van der Waals surface area contributed by atoms with Crippen LogP contribution in [0.4, 0.5) is 0 Å². The molecule has 29 heavy (non-hydrogen) atoms. The molecule has 8 heteroatoms. The molecule has 1 aliphatic carbocycles. The second-order valence-electron chi connectivity index (χ2n) is 7.52. The van der Waals surface area contributed by atoms with Gasteiger partial charge in [0, 0.05) is 19.0 Å². The number of phenols is 1. The van der Waals surface area contributed by atoms with Gasteiger partial charge in [-0.15, -0.1) is 5.10 Å². The molecule has 0 saturated carbocycles. The number of nitrogens with one attached hydrogen (secondary N) is 1. The number of aliphatic imine (C=N–C) groups is 2. The van der Waals surface area contributed by atoms with E-state index in [0.717, 1.165) is 41.8 Å². The van der Waals surface area contributed by atoms with Crippen molar-refractivity contribution in [2.45, 2.75) is 46.1 Å². The fourth-order valence-corrected chi connectivity index (χ4v) is 3.85. The molecule has 2 heterocycles. The Morgan fingerprint density at radius 3 is 2.90 bits per heavy atom. The van der Waals surface area contributed by atoms with Gasteiger partial charge in [0.2, 0.25) is 0 Å². The highest BCUT2D eigenvalue weighted by molar-refractivity contribution is 6.43. The van der Waals surface area contributed by atoms with E-state index in [0.29, 0.717) is 22.8 Å². The Labute approximate surface area is 169 Å². The number of hydrogen-bond donors (Lipinski definition) is 2. The number of aromatic nitrogens is 3. The standard InChI is InChI=1S/C21H25N7O/c1-5-15-21(26-24-14-6-7-16-18(10-14)28(4)27-25-16)23-17(11-22-15)20-13(3)8-12(2)9-19(20)29/h5,8-9,11,14,24,29H,6-7,10H2,1-4H3/b15-5+,26-21+. The quantitative estimate of drug-likeness (QED) is 0.785. The first-order valence-corrected chi connectivity index (χ1v) is 9.77. The molecule has 1 atom stereocenters. The smallest absolute Gasteiger partial charge is 0.197 e. The van der Waals surface area contributed by atoms with Crippen LogP contribution < -0.4 is 5.43 Å². The van der Waals surface area contributed by atoms with E-state index in [2.05, 4.69) is 30.8 Å². The van der Waals surface area contributed by atoms with Gasteiger partial charge in [0.15, 0.2) is 5.84 Å². The van der Waals surface area contributed by atoms with Gasteiger partial charge < -0.3 is 10.5 Å². The van der Waals surface area contributed by atoms with Gasteiger partial charge in [-0.25, -0.2) is 4.99 Å². The molecule has 8 nitrogen and oxygen atoms in total. The van der Waals surface area contributed by atoms with Crippen LogP contribution in [0, 0.1) is 13.8 Å². The van der Waals surface area contributed by atoms with E-state index >= 15 is 0 Å². The number of allylic oxidation sites excluding steroid dienone is 1. The Balaban J connectivity index is 1.60. The third kappa shape index (κ3) is 3.70. The number of benzene rings is 1. The Morgan fingerprint density at radius 1 is 1.31 bits per heavy atom. The maximum Gasteiger partial charge on any atom is 0.197 e. The van der Waals surface area contributed by atoms with Crippen molar-refractivity contribution in [3.8, 4) is 5.75 Å². The van der Waals surface area contributed by atoms with Gasteiger partial charge in [0.05, 0.1) is 29.4 Å². The first kappa shape index (κ1) is 19.0. The zero-order valence-electron chi connectivity index (χ0n) is 17.1. The summed E-state index contributed by atoms with van der Waals surface area (Å²) in [4.78, 5) is 9.19. The molecule has 0 saturated heterocycles. The van der Waals surface area contributed by atoms with Crippen LogP contribution in [0.1, 0.15) is 41.4 Å². The van der Waals surface area contributed by atoms with Crippen molar-refractivity contribution in [1.82, 2.24) is 20.4 Å². The van der Waals surface area contributed by atoms with E-state index in [-0.39, 0.29) is 11.8 Å². The number of amidine groups is 1. The number of nitrogens with zero attached hydrogens (tertiary/aromatic N) is 6. The molecule has 0 radical (unpaired) electrons. The molecule has 0 spiro atoms. The van der Waals surface area contributed by atoms with Crippen molar-refractivity contribution < 1.29 is 5.11 Å². The van der Waals surface area contributed by atoms with Crippen LogP contribution >= 0.6 is 0 Å². The maximum atomic E-state index is 10.4. The summed E-state index contributed by atoms with van der Waals surface area (Å²) >= 11 is 0. The zero-order chi connectivity index (χ0) is 20.5.